The molecule has 0 aromatic heterocycles. The Kier molecular flexibility index (Phi) is 4.58. The second-order valence-electron chi connectivity index (χ2n) is 3.63. The van der Waals surface area contributed by atoms with Crippen LogP contribution in [-0.4, -0.2) is 6.54 Å². The van der Waals surface area contributed by atoms with Crippen molar-refractivity contribution in [3.8, 4) is 0 Å². The van der Waals surface area contributed by atoms with Gasteiger partial charge in [-0.3, -0.25) is 0 Å². The Morgan fingerprint density at radius 2 is 1.86 bits per heavy atom. The molecular formula is C11H17BrN2. The smallest absolute Gasteiger partial charge is 0.0321 e. The summed E-state index contributed by atoms with van der Waals surface area (Å²) in [4.78, 5) is 0. The normalized spacial score (nSPS) is 15.1. The predicted molar refractivity (Wildman–Crippen MR) is 63.9 cm³/mol. The standard InChI is InChI=1S/C11H17BrN2/c1-8(6-7-13)11(14)9-2-4-10(12)5-3-9/h2-5,8,11H,6-7,13-14H2,1H3. The lowest BCUT2D eigenvalue weighted by atomic mass is 9.93. The molecule has 0 aliphatic carbocycles. The molecule has 0 aliphatic heterocycles. The molecule has 1 aromatic rings. The number of halogens is 1. The molecule has 0 amide bonds. The highest BCUT2D eigenvalue weighted by atomic mass is 79.9. The van der Waals surface area contributed by atoms with Gasteiger partial charge in [-0.25, -0.2) is 0 Å². The third-order valence-electron chi connectivity index (χ3n) is 2.49. The van der Waals surface area contributed by atoms with Gasteiger partial charge in [0.1, 0.15) is 0 Å². The van der Waals surface area contributed by atoms with Crippen LogP contribution in [0.25, 0.3) is 0 Å². The zero-order valence-electron chi connectivity index (χ0n) is 8.41. The molecule has 0 bridgehead atoms. The van der Waals surface area contributed by atoms with Gasteiger partial charge in [-0.1, -0.05) is 35.0 Å². The molecule has 0 heterocycles. The first-order chi connectivity index (χ1) is 6.65. The van der Waals surface area contributed by atoms with Crippen molar-refractivity contribution < 1.29 is 0 Å². The summed E-state index contributed by atoms with van der Waals surface area (Å²) in [6.07, 6.45) is 0.969. The maximum atomic E-state index is 6.10. The van der Waals surface area contributed by atoms with Crippen molar-refractivity contribution in [3.63, 3.8) is 0 Å². The van der Waals surface area contributed by atoms with Gasteiger partial charge in [0, 0.05) is 10.5 Å². The van der Waals surface area contributed by atoms with Crippen LogP contribution >= 0.6 is 15.9 Å². The van der Waals surface area contributed by atoms with E-state index in [1.807, 2.05) is 12.1 Å². The van der Waals surface area contributed by atoms with Crippen LogP contribution in [0.2, 0.25) is 0 Å². The van der Waals surface area contributed by atoms with Crippen LogP contribution in [0, 0.1) is 5.92 Å². The second-order valence-corrected chi connectivity index (χ2v) is 4.55. The number of hydrogen-bond acceptors (Lipinski definition) is 2. The molecule has 0 saturated carbocycles. The number of benzene rings is 1. The summed E-state index contributed by atoms with van der Waals surface area (Å²) in [6, 6.07) is 8.24. The monoisotopic (exact) mass is 256 g/mol. The SMILES string of the molecule is CC(CCN)C(N)c1ccc(Br)cc1. The van der Waals surface area contributed by atoms with Gasteiger partial charge in [-0.15, -0.1) is 0 Å². The zero-order valence-corrected chi connectivity index (χ0v) is 10.00. The molecule has 0 spiro atoms. The van der Waals surface area contributed by atoms with E-state index in [0.717, 1.165) is 10.9 Å². The van der Waals surface area contributed by atoms with Crippen LogP contribution in [0.1, 0.15) is 24.9 Å². The molecular weight excluding hydrogens is 240 g/mol. The zero-order chi connectivity index (χ0) is 10.6. The summed E-state index contributed by atoms with van der Waals surface area (Å²) >= 11 is 3.40. The minimum atomic E-state index is 0.0895. The minimum absolute atomic E-state index is 0.0895. The molecule has 14 heavy (non-hydrogen) atoms. The van der Waals surface area contributed by atoms with Gasteiger partial charge in [0.15, 0.2) is 0 Å². The average Bonchev–Trinajstić information content (AvgIpc) is 2.18. The lowest BCUT2D eigenvalue weighted by Gasteiger charge is -2.19. The molecule has 2 unspecified atom stereocenters. The van der Waals surface area contributed by atoms with Crippen LogP contribution in [0.3, 0.4) is 0 Å². The van der Waals surface area contributed by atoms with Crippen molar-refractivity contribution in [1.29, 1.82) is 0 Å². The Morgan fingerprint density at radius 1 is 1.29 bits per heavy atom. The van der Waals surface area contributed by atoms with Gasteiger partial charge in [-0.05, 0) is 36.6 Å². The lowest BCUT2D eigenvalue weighted by molar-refractivity contribution is 0.444. The van der Waals surface area contributed by atoms with Crippen molar-refractivity contribution in [3.05, 3.63) is 34.3 Å². The van der Waals surface area contributed by atoms with Gasteiger partial charge in [0.05, 0.1) is 0 Å². The molecule has 0 saturated heterocycles. The fourth-order valence-corrected chi connectivity index (χ4v) is 1.72. The first-order valence-electron chi connectivity index (χ1n) is 4.86. The van der Waals surface area contributed by atoms with E-state index in [0.29, 0.717) is 12.5 Å². The number of hydrogen-bond donors (Lipinski definition) is 2. The van der Waals surface area contributed by atoms with E-state index in [4.69, 9.17) is 11.5 Å². The van der Waals surface area contributed by atoms with Crippen LogP contribution in [-0.2, 0) is 0 Å². The lowest BCUT2D eigenvalue weighted by Crippen LogP contribution is -2.21. The van der Waals surface area contributed by atoms with Crippen LogP contribution in [0.5, 0.6) is 0 Å². The Bertz CT molecular complexity index is 271. The molecule has 0 fully saturated rings. The maximum Gasteiger partial charge on any atom is 0.0321 e. The van der Waals surface area contributed by atoms with Crippen molar-refractivity contribution in [2.75, 3.05) is 6.54 Å². The highest BCUT2D eigenvalue weighted by Gasteiger charge is 2.13. The highest BCUT2D eigenvalue weighted by Crippen LogP contribution is 2.22. The summed E-state index contributed by atoms with van der Waals surface area (Å²) in [5.74, 6) is 0.432. The third kappa shape index (κ3) is 3.08. The van der Waals surface area contributed by atoms with Gasteiger partial charge in [0.2, 0.25) is 0 Å². The first-order valence-corrected chi connectivity index (χ1v) is 5.65. The summed E-state index contributed by atoms with van der Waals surface area (Å²) in [7, 11) is 0. The summed E-state index contributed by atoms with van der Waals surface area (Å²) in [5.41, 5.74) is 12.8. The van der Waals surface area contributed by atoms with E-state index >= 15 is 0 Å². The fourth-order valence-electron chi connectivity index (χ4n) is 1.46. The molecule has 4 N–H and O–H groups in total. The van der Waals surface area contributed by atoms with Crippen molar-refractivity contribution in [1.82, 2.24) is 0 Å². The van der Waals surface area contributed by atoms with Gasteiger partial charge in [-0.2, -0.15) is 0 Å². The molecule has 78 valence electrons. The van der Waals surface area contributed by atoms with E-state index in [1.165, 1.54) is 5.56 Å². The summed E-state index contributed by atoms with van der Waals surface area (Å²) < 4.78 is 1.08. The van der Waals surface area contributed by atoms with Gasteiger partial charge in [0.25, 0.3) is 0 Å². The summed E-state index contributed by atoms with van der Waals surface area (Å²) in [6.45, 7) is 2.84. The molecule has 1 rings (SSSR count). The van der Waals surface area contributed by atoms with Gasteiger partial charge < -0.3 is 11.5 Å². The van der Waals surface area contributed by atoms with E-state index in [2.05, 4.69) is 35.0 Å². The van der Waals surface area contributed by atoms with E-state index in [9.17, 15) is 0 Å². The quantitative estimate of drug-likeness (QED) is 0.870. The molecule has 2 atom stereocenters. The van der Waals surface area contributed by atoms with Crippen molar-refractivity contribution in [2.45, 2.75) is 19.4 Å². The van der Waals surface area contributed by atoms with E-state index < -0.39 is 0 Å². The number of rotatable bonds is 4. The van der Waals surface area contributed by atoms with Crippen LogP contribution < -0.4 is 11.5 Å². The predicted octanol–water partition coefficient (Wildman–Crippen LogP) is 2.43. The third-order valence-corrected chi connectivity index (χ3v) is 3.02. The Hall–Kier alpha value is -0.380. The highest BCUT2D eigenvalue weighted by molar-refractivity contribution is 9.10. The Labute approximate surface area is 93.8 Å². The average molecular weight is 257 g/mol. The molecule has 3 heteroatoms. The van der Waals surface area contributed by atoms with Gasteiger partial charge >= 0.3 is 0 Å². The van der Waals surface area contributed by atoms with E-state index in [1.54, 1.807) is 0 Å². The summed E-state index contributed by atoms with van der Waals surface area (Å²) in [5, 5.41) is 0. The second kappa shape index (κ2) is 5.49. The Balaban J connectivity index is 2.68. The molecule has 1 aromatic carbocycles. The molecule has 0 aliphatic rings. The van der Waals surface area contributed by atoms with Crippen LogP contribution in [0.4, 0.5) is 0 Å². The first kappa shape index (κ1) is 11.7. The maximum absolute atomic E-state index is 6.10. The minimum Gasteiger partial charge on any atom is -0.330 e. The number of nitrogens with two attached hydrogens (primary N) is 2. The largest absolute Gasteiger partial charge is 0.330 e. The topological polar surface area (TPSA) is 52.0 Å². The Morgan fingerprint density at radius 3 is 2.36 bits per heavy atom. The molecule has 0 radical (unpaired) electrons. The fraction of sp³-hybridized carbons (Fsp3) is 0.455. The van der Waals surface area contributed by atoms with E-state index in [-0.39, 0.29) is 6.04 Å². The van der Waals surface area contributed by atoms with Crippen molar-refractivity contribution in [2.24, 2.45) is 17.4 Å². The van der Waals surface area contributed by atoms with Crippen molar-refractivity contribution >= 4 is 15.9 Å². The van der Waals surface area contributed by atoms with Crippen LogP contribution in [0.15, 0.2) is 28.7 Å². The molecule has 2 nitrogen and oxygen atoms in total.